The van der Waals surface area contributed by atoms with Gasteiger partial charge >= 0.3 is 0 Å². The molecule has 0 saturated carbocycles. The number of hydrogen-bond donors (Lipinski definition) is 0. The van der Waals surface area contributed by atoms with Crippen LogP contribution in [0.5, 0.6) is 0 Å². The maximum Gasteiger partial charge on any atom is 0.170 e. The first kappa shape index (κ1) is 19.4. The van der Waals surface area contributed by atoms with Crippen LogP contribution in [0.25, 0.3) is 34.0 Å². The van der Waals surface area contributed by atoms with Gasteiger partial charge in [0.25, 0.3) is 0 Å². The Morgan fingerprint density at radius 3 is 3.06 bits per heavy atom. The van der Waals surface area contributed by atoms with Crippen molar-refractivity contribution in [1.82, 2.24) is 24.5 Å². The van der Waals surface area contributed by atoms with E-state index in [4.69, 9.17) is 4.52 Å². The number of carbonyl (C=O) groups excluding carboxylic acids is 1. The molecule has 1 atom stereocenters. The van der Waals surface area contributed by atoms with E-state index in [1.54, 1.807) is 18.5 Å². The molecule has 0 N–H and O–H groups in total. The maximum atomic E-state index is 13.5. The van der Waals surface area contributed by atoms with Crippen molar-refractivity contribution in [2.24, 2.45) is 5.92 Å². The monoisotopic (exact) mass is 453 g/mol. The van der Waals surface area contributed by atoms with Crippen molar-refractivity contribution in [3.63, 3.8) is 0 Å². The number of aromatic nitrogens is 5. The molecule has 34 heavy (non-hydrogen) atoms. The summed E-state index contributed by atoms with van der Waals surface area (Å²) in [5.41, 5.74) is 4.29. The van der Waals surface area contributed by atoms with E-state index in [9.17, 15) is 9.18 Å². The van der Waals surface area contributed by atoms with Crippen LogP contribution in [0.4, 0.5) is 4.39 Å². The summed E-state index contributed by atoms with van der Waals surface area (Å²) in [5.74, 6) is 0.285. The fraction of sp³-hybridized carbons (Fsp3) is 0.231. The zero-order valence-electron chi connectivity index (χ0n) is 18.2. The third-order valence-corrected chi connectivity index (χ3v) is 7.06. The number of nitrogens with zero attached hydrogens (tertiary/aromatic N) is 5. The van der Waals surface area contributed by atoms with Crippen LogP contribution in [0.15, 0.2) is 53.5 Å². The topological polar surface area (TPSA) is 78.7 Å². The zero-order valence-corrected chi connectivity index (χ0v) is 18.2. The van der Waals surface area contributed by atoms with Crippen LogP contribution in [0.1, 0.15) is 37.2 Å². The molecule has 0 fully saturated rings. The van der Waals surface area contributed by atoms with Gasteiger partial charge < -0.3 is 9.09 Å². The lowest BCUT2D eigenvalue weighted by molar-refractivity contribution is -0.117. The van der Waals surface area contributed by atoms with E-state index in [1.165, 1.54) is 17.4 Å². The first-order valence-corrected chi connectivity index (χ1v) is 11.5. The van der Waals surface area contributed by atoms with Gasteiger partial charge in [-0.2, -0.15) is 0 Å². The molecule has 0 radical (unpaired) electrons. The zero-order chi connectivity index (χ0) is 22.8. The first-order chi connectivity index (χ1) is 16.7. The Morgan fingerprint density at radius 1 is 1.18 bits per heavy atom. The Hall–Kier alpha value is -4.07. The minimum absolute atomic E-state index is 0.0890. The van der Waals surface area contributed by atoms with Crippen molar-refractivity contribution in [3.05, 3.63) is 76.8 Å². The van der Waals surface area contributed by atoms with E-state index in [0.29, 0.717) is 18.4 Å². The highest BCUT2D eigenvalue weighted by Crippen LogP contribution is 2.36. The van der Waals surface area contributed by atoms with Crippen LogP contribution in [0.3, 0.4) is 0 Å². The Bertz CT molecular complexity index is 1680. The van der Waals surface area contributed by atoms with Crippen LogP contribution in [0.2, 0.25) is 0 Å². The van der Waals surface area contributed by atoms with Crippen molar-refractivity contribution in [3.8, 4) is 0 Å². The average Bonchev–Trinajstić information content (AvgIpc) is 3.56. The number of benzene rings is 1. The molecule has 4 aromatic rings. The third kappa shape index (κ3) is 2.74. The van der Waals surface area contributed by atoms with E-state index < -0.39 is 0 Å². The van der Waals surface area contributed by atoms with Crippen molar-refractivity contribution in [1.29, 1.82) is 0 Å². The fourth-order valence-electron chi connectivity index (χ4n) is 5.53. The van der Waals surface area contributed by atoms with Crippen molar-refractivity contribution >= 4 is 39.8 Å². The van der Waals surface area contributed by atoms with Gasteiger partial charge in [-0.1, -0.05) is 11.2 Å². The number of carbonyl (C=O) groups is 1. The number of rotatable bonds is 4. The summed E-state index contributed by atoms with van der Waals surface area (Å²) < 4.78 is 23.0. The van der Waals surface area contributed by atoms with Crippen molar-refractivity contribution in [2.45, 2.75) is 32.1 Å². The van der Waals surface area contributed by atoms with E-state index >= 15 is 0 Å². The molecule has 7 nitrogen and oxygen atoms in total. The van der Waals surface area contributed by atoms with E-state index in [2.05, 4.69) is 38.3 Å². The number of fused-ring (bicyclic) bond motifs is 5. The summed E-state index contributed by atoms with van der Waals surface area (Å²) in [7, 11) is 0. The summed E-state index contributed by atoms with van der Waals surface area (Å²) >= 11 is 0. The van der Waals surface area contributed by atoms with Gasteiger partial charge in [0.2, 0.25) is 0 Å². The molecule has 1 aliphatic heterocycles. The minimum Gasteiger partial charge on any atom is -0.356 e. The molecule has 0 saturated heterocycles. The summed E-state index contributed by atoms with van der Waals surface area (Å²) in [5, 5.41) is 15.9. The largest absolute Gasteiger partial charge is 0.356 e. The Kier molecular flexibility index (Phi) is 4.12. The van der Waals surface area contributed by atoms with Gasteiger partial charge in [0.05, 0.1) is 28.4 Å². The predicted molar refractivity (Wildman–Crippen MR) is 124 cm³/mol. The Morgan fingerprint density at radius 2 is 2.12 bits per heavy atom. The van der Waals surface area contributed by atoms with Crippen LogP contribution in [0, 0.1) is 11.7 Å². The smallest absolute Gasteiger partial charge is 0.170 e. The summed E-state index contributed by atoms with van der Waals surface area (Å²) in [4.78, 5) is 13.2. The molecule has 168 valence electrons. The summed E-state index contributed by atoms with van der Waals surface area (Å²) in [6.07, 6.45) is 13.5. The lowest BCUT2D eigenvalue weighted by atomic mass is 9.88. The molecule has 0 bridgehead atoms. The van der Waals surface area contributed by atoms with Crippen LogP contribution in [-0.2, 0) is 11.2 Å². The maximum absolute atomic E-state index is 13.5. The number of allylic oxidation sites excluding steroid dienone is 4. The van der Waals surface area contributed by atoms with Gasteiger partial charge in [-0.15, -0.1) is 10.2 Å². The normalized spacial score (nSPS) is 18.6. The quantitative estimate of drug-likeness (QED) is 0.475. The molecule has 8 heteroatoms. The van der Waals surface area contributed by atoms with Gasteiger partial charge in [0.1, 0.15) is 12.1 Å². The Balaban J connectivity index is 1.28. The van der Waals surface area contributed by atoms with Crippen LogP contribution >= 0.6 is 0 Å². The number of halogens is 1. The lowest BCUT2D eigenvalue weighted by Gasteiger charge is -2.25. The number of aryl methyl sites for hydroxylation is 1. The van der Waals surface area contributed by atoms with Crippen molar-refractivity contribution < 1.29 is 13.7 Å². The van der Waals surface area contributed by atoms with Crippen LogP contribution in [-0.4, -0.2) is 30.3 Å². The first-order valence-electron chi connectivity index (χ1n) is 11.5. The van der Waals surface area contributed by atoms with Gasteiger partial charge in [-0.3, -0.25) is 9.36 Å². The molecule has 3 aromatic heterocycles. The van der Waals surface area contributed by atoms with E-state index in [-0.39, 0.29) is 17.5 Å². The second-order valence-electron chi connectivity index (χ2n) is 8.96. The fourth-order valence-corrected chi connectivity index (χ4v) is 5.53. The molecule has 3 aliphatic rings. The predicted octanol–water partition coefficient (Wildman–Crippen LogP) is 3.05. The second kappa shape index (κ2) is 7.21. The molecular formula is C26H20FN5O2. The lowest BCUT2D eigenvalue weighted by Crippen LogP contribution is -2.35. The molecule has 1 unspecified atom stereocenters. The van der Waals surface area contributed by atoms with Gasteiger partial charge in [0, 0.05) is 23.2 Å². The molecule has 4 heterocycles. The van der Waals surface area contributed by atoms with Gasteiger partial charge in [-0.05, 0) is 67.7 Å². The summed E-state index contributed by atoms with van der Waals surface area (Å²) in [6, 6.07) is 6.58. The Labute approximate surface area is 193 Å². The summed E-state index contributed by atoms with van der Waals surface area (Å²) in [6.45, 7) is 0. The highest BCUT2D eigenvalue weighted by molar-refractivity contribution is 6.07. The van der Waals surface area contributed by atoms with Gasteiger partial charge in [-0.25, -0.2) is 4.39 Å². The number of hydrogen-bond acceptors (Lipinski definition) is 5. The highest BCUT2D eigenvalue weighted by atomic mass is 19.1. The van der Waals surface area contributed by atoms with E-state index in [0.717, 1.165) is 58.5 Å². The molecule has 2 aliphatic carbocycles. The molecule has 0 spiro atoms. The standard InChI is InChI=1S/C26H20FN5O2/c27-16-7-8-17-20(30-34-23(17)13-16)6-2-4-18-22(33)10-9-21-25(18)31-12-11-15-3-1-5-19(24(15)31)26-29-28-14-32(21)26/h3,7-14,18H,1-2,4-6H2. The molecule has 1 aromatic carbocycles. The SMILES string of the molecule is O=C1C=CC2=C(C1CCCc1noc3cc(F)ccc13)n1ccc3c1=C(CCC=3)c1nncn12. The molecule has 0 amide bonds. The molecular weight excluding hydrogens is 433 g/mol. The average molecular weight is 453 g/mol. The molecule has 7 rings (SSSR count). The third-order valence-electron chi connectivity index (χ3n) is 7.06. The van der Waals surface area contributed by atoms with Crippen molar-refractivity contribution in [2.75, 3.05) is 0 Å². The highest BCUT2D eigenvalue weighted by Gasteiger charge is 2.33. The second-order valence-corrected chi connectivity index (χ2v) is 8.96. The van der Waals surface area contributed by atoms with Crippen LogP contribution < -0.4 is 10.6 Å². The van der Waals surface area contributed by atoms with E-state index in [1.807, 2.05) is 10.6 Å². The minimum atomic E-state index is -0.348. The van der Waals surface area contributed by atoms with Gasteiger partial charge in [0.15, 0.2) is 17.2 Å². The number of ketones is 1.